The molecule has 4 aromatic rings. The SMILES string of the molecule is C.CC(=O)N[C@@H](CC(C)C)C(=O)N[C@H](C(=O)N[C@@H](Cc1ccccc1)C(=O)N[C@]1(C)CCCCCC/C=C/CCC[C@@](C)(C(=O)NC(C)C(=O)N[C@@H](C)C(=O)NC(C)C(=O)N[C@@H](C)C(=O)C(=O)[C@H](C)NC[C@H](C)C(N)=O)NC(=O)[C@H](CC(C)C)CCC(=O)[C@H](Cc2c[nH]c3ccccc23)NC(=O)[C@H](Cc2ccc(O)cc2)NC(=O)C(C)NC1=O)[C@@H](C)O. The summed E-state index contributed by atoms with van der Waals surface area (Å²) in [6.07, 6.45) is 7.23. The molecule has 672 valence electrons. The fourth-order valence-electron chi connectivity index (χ4n) is 13.9. The maximum absolute atomic E-state index is 15.2. The second-order valence-electron chi connectivity index (χ2n) is 33.5. The largest absolute Gasteiger partial charge is 0.508 e. The number of hydrogen-bond donors (Lipinski definition) is 17. The first-order valence-electron chi connectivity index (χ1n) is 41.9. The van der Waals surface area contributed by atoms with Crippen molar-refractivity contribution < 1.29 is 86.9 Å². The van der Waals surface area contributed by atoms with Gasteiger partial charge < -0.3 is 90.0 Å². The number of aliphatic hydroxyl groups excluding tert-OH is 1. The van der Waals surface area contributed by atoms with Gasteiger partial charge in [-0.3, -0.25) is 76.7 Å². The van der Waals surface area contributed by atoms with Gasteiger partial charge in [0.1, 0.15) is 65.2 Å². The van der Waals surface area contributed by atoms with Crippen LogP contribution in [0.3, 0.4) is 0 Å². The maximum atomic E-state index is 15.2. The van der Waals surface area contributed by atoms with Crippen LogP contribution in [0.5, 0.6) is 5.75 Å². The number of nitrogens with one attached hydrogen (secondary N) is 14. The number of amides is 13. The molecule has 1 aromatic heterocycles. The molecule has 0 aliphatic carbocycles. The minimum atomic E-state index is -1.83. The Morgan fingerprint density at radius 3 is 1.73 bits per heavy atom. The number of phenols is 1. The van der Waals surface area contributed by atoms with Crippen LogP contribution in [0.2, 0.25) is 0 Å². The molecule has 13 amide bonds. The molecule has 16 atom stereocenters. The average Bonchev–Trinajstić information content (AvgIpc) is 1.79. The normalized spacial score (nSPS) is 21.6. The summed E-state index contributed by atoms with van der Waals surface area (Å²) < 4.78 is 0. The van der Waals surface area contributed by atoms with Crippen molar-refractivity contribution in [1.82, 2.24) is 74.1 Å². The van der Waals surface area contributed by atoms with Crippen LogP contribution in [0.25, 0.3) is 10.9 Å². The molecule has 3 unspecified atom stereocenters. The molecule has 0 radical (unpaired) electrons. The summed E-state index contributed by atoms with van der Waals surface area (Å²) in [6.45, 7) is 22.6. The van der Waals surface area contributed by atoms with Crippen molar-refractivity contribution in [3.63, 3.8) is 0 Å². The van der Waals surface area contributed by atoms with Gasteiger partial charge in [0.25, 0.3) is 0 Å². The van der Waals surface area contributed by atoms with Crippen molar-refractivity contribution in [3.05, 3.63) is 114 Å². The van der Waals surface area contributed by atoms with Crippen LogP contribution >= 0.6 is 0 Å². The van der Waals surface area contributed by atoms with E-state index in [-0.39, 0.29) is 89.3 Å². The van der Waals surface area contributed by atoms with Gasteiger partial charge in [-0.25, -0.2) is 0 Å². The number of benzene rings is 3. The van der Waals surface area contributed by atoms with Crippen molar-refractivity contribution in [2.24, 2.45) is 29.4 Å². The quantitative estimate of drug-likeness (QED) is 0.0237. The molecule has 0 spiro atoms. The third kappa shape index (κ3) is 33.3. The lowest BCUT2D eigenvalue weighted by Crippen LogP contribution is -2.64. The van der Waals surface area contributed by atoms with E-state index in [1.165, 1.54) is 93.5 Å². The summed E-state index contributed by atoms with van der Waals surface area (Å²) >= 11 is 0. The highest BCUT2D eigenvalue weighted by Gasteiger charge is 2.43. The number of Topliss-reactive ketones (excluding diaryl/α,β-unsaturated/α-hetero) is 3. The molecule has 3 aromatic carbocycles. The van der Waals surface area contributed by atoms with E-state index >= 15 is 24.0 Å². The smallest absolute Gasteiger partial charge is 0.246 e. The Labute approximate surface area is 716 Å². The Hall–Kier alpha value is -11.2. The highest BCUT2D eigenvalue weighted by Crippen LogP contribution is 2.26. The molecule has 2 heterocycles. The maximum Gasteiger partial charge on any atom is 0.246 e. The van der Waals surface area contributed by atoms with E-state index in [0.29, 0.717) is 61.6 Å². The molecule has 0 saturated heterocycles. The molecule has 18 N–H and O–H groups in total. The second-order valence-corrected chi connectivity index (χ2v) is 33.5. The van der Waals surface area contributed by atoms with Gasteiger partial charge in [-0.05, 0) is 167 Å². The lowest BCUT2D eigenvalue weighted by molar-refractivity contribution is -0.140. The van der Waals surface area contributed by atoms with Gasteiger partial charge in [0.05, 0.1) is 24.2 Å². The molecule has 1 aliphatic heterocycles. The Kier molecular flexibility index (Phi) is 42.0. The summed E-state index contributed by atoms with van der Waals surface area (Å²) in [7, 11) is 0. The Morgan fingerprint density at radius 2 is 1.13 bits per heavy atom. The van der Waals surface area contributed by atoms with E-state index in [0.717, 1.165) is 10.9 Å². The number of fused-ring (bicyclic) bond motifs is 1. The van der Waals surface area contributed by atoms with E-state index in [4.69, 9.17) is 5.73 Å². The van der Waals surface area contributed by atoms with Crippen LogP contribution in [0.15, 0.2) is 97.2 Å². The third-order valence-electron chi connectivity index (χ3n) is 21.5. The zero-order valence-corrected chi connectivity index (χ0v) is 72.5. The number of allylic oxidation sites excluding steroid dienone is 2. The number of hydrogen-bond acceptors (Lipinski definition) is 19. The highest BCUT2D eigenvalue weighted by atomic mass is 16.3. The van der Waals surface area contributed by atoms with Gasteiger partial charge in [0.2, 0.25) is 88.4 Å². The topological polar surface area (TPSA) is 512 Å². The summed E-state index contributed by atoms with van der Waals surface area (Å²) in [4.78, 5) is 227. The second kappa shape index (κ2) is 49.6. The zero-order valence-electron chi connectivity index (χ0n) is 72.5. The number of ketones is 3. The average molecular weight is 1700 g/mol. The van der Waals surface area contributed by atoms with Gasteiger partial charge >= 0.3 is 0 Å². The Balaban J connectivity index is 0.0000312. The minimum absolute atomic E-state index is 0. The molecule has 5 rings (SSSR count). The molecular formula is C89H133N15O18. The number of rotatable bonds is 33. The first-order valence-corrected chi connectivity index (χ1v) is 41.9. The molecule has 33 nitrogen and oxygen atoms in total. The molecule has 0 fully saturated rings. The van der Waals surface area contributed by atoms with Crippen LogP contribution < -0.4 is 74.9 Å². The van der Waals surface area contributed by atoms with Gasteiger partial charge in [-0.1, -0.05) is 134 Å². The van der Waals surface area contributed by atoms with Crippen molar-refractivity contribution in [2.75, 3.05) is 6.54 Å². The first-order chi connectivity index (χ1) is 56.9. The summed E-state index contributed by atoms with van der Waals surface area (Å²) in [5.74, 6) is -14.2. The predicted molar refractivity (Wildman–Crippen MR) is 462 cm³/mol. The van der Waals surface area contributed by atoms with Crippen molar-refractivity contribution in [1.29, 1.82) is 0 Å². The van der Waals surface area contributed by atoms with E-state index < -0.39 is 190 Å². The van der Waals surface area contributed by atoms with E-state index in [2.05, 4.69) is 74.1 Å². The van der Waals surface area contributed by atoms with Crippen LogP contribution in [-0.2, 0) is 96.0 Å². The lowest BCUT2D eigenvalue weighted by atomic mass is 9.87. The highest BCUT2D eigenvalue weighted by molar-refractivity contribution is 6.41. The fraction of sp³-hybridized carbons (Fsp3) is 0.573. The lowest BCUT2D eigenvalue weighted by Gasteiger charge is -2.33. The van der Waals surface area contributed by atoms with Crippen molar-refractivity contribution in [3.8, 4) is 5.75 Å². The third-order valence-corrected chi connectivity index (χ3v) is 21.5. The van der Waals surface area contributed by atoms with Crippen LogP contribution in [0, 0.1) is 23.7 Å². The molecule has 0 saturated carbocycles. The number of para-hydroxylation sites is 1. The molecule has 1 aliphatic rings. The number of aromatic amines is 1. The van der Waals surface area contributed by atoms with E-state index in [1.807, 2.05) is 64.1 Å². The van der Waals surface area contributed by atoms with Crippen molar-refractivity contribution >= 4 is 105 Å². The number of H-pyrrole nitrogens is 1. The number of carbonyl (C=O) groups is 16. The Bertz CT molecular complexity index is 4280. The number of carbonyl (C=O) groups excluding carboxylic acids is 16. The van der Waals surface area contributed by atoms with E-state index in [1.54, 1.807) is 43.5 Å². The van der Waals surface area contributed by atoms with Crippen LogP contribution in [-0.4, -0.2) is 200 Å². The monoisotopic (exact) mass is 1700 g/mol. The van der Waals surface area contributed by atoms with Gasteiger partial charge in [-0.2, -0.15) is 0 Å². The van der Waals surface area contributed by atoms with Gasteiger partial charge in [0, 0.05) is 68.1 Å². The Morgan fingerprint density at radius 1 is 0.557 bits per heavy atom. The number of phenolic OH excluding ortho intramolecular Hbond substituents is 1. The van der Waals surface area contributed by atoms with Crippen LogP contribution in [0.1, 0.15) is 211 Å². The number of aliphatic hydroxyl groups is 1. The predicted octanol–water partition coefficient (Wildman–Crippen LogP) is 4.01. The fourth-order valence-corrected chi connectivity index (χ4v) is 13.9. The van der Waals surface area contributed by atoms with Crippen molar-refractivity contribution in [2.45, 2.75) is 298 Å². The minimum Gasteiger partial charge on any atom is -0.508 e. The summed E-state index contributed by atoms with van der Waals surface area (Å²) in [5, 5.41) is 57.1. The summed E-state index contributed by atoms with van der Waals surface area (Å²) in [6, 6.07) is 7.19. The number of primary amides is 1. The van der Waals surface area contributed by atoms with E-state index in [9.17, 15) is 63.0 Å². The molecule has 0 bridgehead atoms. The zero-order chi connectivity index (χ0) is 90.2. The van der Waals surface area contributed by atoms with Crippen LogP contribution in [0.4, 0.5) is 0 Å². The number of aromatic hydroxyl groups is 1. The summed E-state index contributed by atoms with van der Waals surface area (Å²) in [5.41, 5.74) is 4.16. The standard InChI is InChI=1S/C88H129N15O18.CH4/c1-49(2)42-62-36-39-71(107)67(46-63-48-91-66-33-27-26-32-65(63)66)98-81(116)69(45-61-34-37-64(106)38-35-61)99-79(114)57(11)96-86(121)88(15,103-83(118)70(44-60-30-24-23-25-31-60)100-84(119)72(58(12)104)101-82(117)68(43-50(3)4)97-59(13)105)41-29-22-20-18-16-17-19-21-28-40-87(14,102-80(62)115)85(120)95-56(10)78(113)94-55(9)77(112)93-54(8)76(111)92-53(7)74(109)73(108)52(6)90-47-51(5)75(89)110;/h17,19,23-27,30-35,37-38,48-58,62,67-70,72,90-91,104,106H,16,18,20-22,28-29,36,39-47H2,1-15H3,(H2,89,110)(H,92,111)(H,93,112)(H,94,113)(H,95,120)(H,96,121)(H,97,105)(H,98,116)(H,99,114)(H,100,119)(H,101,117)(H,102,115)(H,103,118);1H4/b19-17+;/t51-,52-,53-,54?,55-,56?,57?,58+,62-,67-,68-,69-,70-,72-,87-,88+;/m0./s1. The molecule has 122 heavy (non-hydrogen) atoms. The molecule has 33 heteroatoms. The molecular weight excluding hydrogens is 1570 g/mol. The number of nitrogens with two attached hydrogens (primary N) is 1. The van der Waals surface area contributed by atoms with Gasteiger partial charge in [0.15, 0.2) is 5.78 Å². The van der Waals surface area contributed by atoms with Gasteiger partial charge in [-0.15, -0.1) is 0 Å². The number of aromatic nitrogens is 1. The first kappa shape index (κ1) is 103.